The second-order valence-electron chi connectivity index (χ2n) is 5.81. The van der Waals surface area contributed by atoms with E-state index in [1.54, 1.807) is 0 Å². The Morgan fingerprint density at radius 2 is 2.22 bits per heavy atom. The van der Waals surface area contributed by atoms with Crippen molar-refractivity contribution in [3.63, 3.8) is 0 Å². The van der Waals surface area contributed by atoms with Gasteiger partial charge in [0.1, 0.15) is 0 Å². The molecule has 0 aromatic rings. The molecule has 1 unspecified atom stereocenters. The van der Waals surface area contributed by atoms with Crippen LogP contribution in [-0.2, 0) is 9.53 Å². The topological polar surface area (TPSA) is 55.6 Å². The van der Waals surface area contributed by atoms with Gasteiger partial charge in [0.2, 0.25) is 5.91 Å². The third kappa shape index (κ3) is 5.36. The highest BCUT2D eigenvalue weighted by Crippen LogP contribution is 2.17. The van der Waals surface area contributed by atoms with E-state index in [0.29, 0.717) is 24.8 Å². The Bertz CT molecular complexity index is 256. The predicted molar refractivity (Wildman–Crippen MR) is 73.2 cm³/mol. The summed E-state index contributed by atoms with van der Waals surface area (Å²) in [5.74, 6) is 1.15. The lowest BCUT2D eigenvalue weighted by Gasteiger charge is -2.25. The molecule has 0 bridgehead atoms. The van der Waals surface area contributed by atoms with Gasteiger partial charge in [-0.2, -0.15) is 0 Å². The van der Waals surface area contributed by atoms with Crippen LogP contribution in [0, 0.1) is 11.8 Å². The Kier molecular flexibility index (Phi) is 6.65. The SMILES string of the molecule is CC(C)C[C@H](CN)CC(=O)N1CCCOC(C)C1. The fourth-order valence-corrected chi connectivity index (χ4v) is 2.53. The molecular weight excluding hydrogens is 228 g/mol. The van der Waals surface area contributed by atoms with Gasteiger partial charge in [-0.1, -0.05) is 13.8 Å². The van der Waals surface area contributed by atoms with Gasteiger partial charge in [0.05, 0.1) is 6.10 Å². The maximum Gasteiger partial charge on any atom is 0.222 e. The summed E-state index contributed by atoms with van der Waals surface area (Å²) in [4.78, 5) is 14.2. The van der Waals surface area contributed by atoms with Crippen LogP contribution in [0.1, 0.15) is 40.0 Å². The smallest absolute Gasteiger partial charge is 0.222 e. The lowest BCUT2D eigenvalue weighted by molar-refractivity contribution is -0.132. The average molecular weight is 256 g/mol. The van der Waals surface area contributed by atoms with E-state index in [4.69, 9.17) is 10.5 Å². The molecule has 18 heavy (non-hydrogen) atoms. The van der Waals surface area contributed by atoms with Crippen molar-refractivity contribution < 1.29 is 9.53 Å². The third-order valence-electron chi connectivity index (χ3n) is 3.41. The van der Waals surface area contributed by atoms with Crippen LogP contribution in [0.2, 0.25) is 0 Å². The molecule has 1 heterocycles. The van der Waals surface area contributed by atoms with E-state index in [1.807, 2.05) is 11.8 Å². The zero-order valence-electron chi connectivity index (χ0n) is 12.0. The molecule has 0 aromatic carbocycles. The Balaban J connectivity index is 2.46. The summed E-state index contributed by atoms with van der Waals surface area (Å²) in [6, 6.07) is 0. The molecule has 0 radical (unpaired) electrons. The van der Waals surface area contributed by atoms with Crippen LogP contribution >= 0.6 is 0 Å². The Labute approximate surface area is 111 Å². The van der Waals surface area contributed by atoms with Gasteiger partial charge in [-0.25, -0.2) is 0 Å². The fraction of sp³-hybridized carbons (Fsp3) is 0.929. The van der Waals surface area contributed by atoms with Crippen LogP contribution in [0.15, 0.2) is 0 Å². The maximum absolute atomic E-state index is 12.3. The molecule has 4 nitrogen and oxygen atoms in total. The summed E-state index contributed by atoms with van der Waals surface area (Å²) in [7, 11) is 0. The summed E-state index contributed by atoms with van der Waals surface area (Å²) in [6.07, 6.45) is 2.70. The molecule has 2 atom stereocenters. The van der Waals surface area contributed by atoms with E-state index >= 15 is 0 Å². The van der Waals surface area contributed by atoms with Crippen molar-refractivity contribution in [3.05, 3.63) is 0 Å². The van der Waals surface area contributed by atoms with Crippen LogP contribution in [0.4, 0.5) is 0 Å². The minimum absolute atomic E-state index is 0.151. The molecule has 1 amide bonds. The first-order valence-electron chi connectivity index (χ1n) is 7.12. The van der Waals surface area contributed by atoms with Crippen LogP contribution in [-0.4, -0.2) is 43.2 Å². The second kappa shape index (κ2) is 7.74. The molecule has 1 aliphatic rings. The van der Waals surface area contributed by atoms with E-state index < -0.39 is 0 Å². The zero-order valence-corrected chi connectivity index (χ0v) is 12.0. The first-order chi connectivity index (χ1) is 8.52. The highest BCUT2D eigenvalue weighted by atomic mass is 16.5. The largest absolute Gasteiger partial charge is 0.377 e. The Hall–Kier alpha value is -0.610. The zero-order chi connectivity index (χ0) is 13.5. The molecule has 1 fully saturated rings. The number of rotatable bonds is 5. The van der Waals surface area contributed by atoms with Crippen LogP contribution in [0.5, 0.6) is 0 Å². The number of hydrogen-bond acceptors (Lipinski definition) is 3. The van der Waals surface area contributed by atoms with Gasteiger partial charge in [0.25, 0.3) is 0 Å². The van der Waals surface area contributed by atoms with E-state index in [1.165, 1.54) is 0 Å². The number of amides is 1. The summed E-state index contributed by atoms with van der Waals surface area (Å²) < 4.78 is 5.56. The van der Waals surface area contributed by atoms with Gasteiger partial charge in [0.15, 0.2) is 0 Å². The van der Waals surface area contributed by atoms with Crippen molar-refractivity contribution in [2.45, 2.75) is 46.1 Å². The van der Waals surface area contributed by atoms with Crippen molar-refractivity contribution in [2.24, 2.45) is 17.6 Å². The lowest BCUT2D eigenvalue weighted by atomic mass is 9.93. The minimum atomic E-state index is 0.151. The first kappa shape index (κ1) is 15.4. The van der Waals surface area contributed by atoms with E-state index in [-0.39, 0.29) is 12.0 Å². The van der Waals surface area contributed by atoms with Crippen LogP contribution in [0.3, 0.4) is 0 Å². The van der Waals surface area contributed by atoms with Gasteiger partial charge < -0.3 is 15.4 Å². The summed E-state index contributed by atoms with van der Waals surface area (Å²) in [5, 5.41) is 0. The number of ether oxygens (including phenoxy) is 1. The van der Waals surface area contributed by atoms with Gasteiger partial charge in [0, 0.05) is 26.1 Å². The normalized spacial score (nSPS) is 22.9. The first-order valence-corrected chi connectivity index (χ1v) is 7.12. The lowest BCUT2D eigenvalue weighted by Crippen LogP contribution is -2.37. The van der Waals surface area contributed by atoms with E-state index in [2.05, 4.69) is 13.8 Å². The number of nitrogens with two attached hydrogens (primary N) is 1. The number of carbonyl (C=O) groups is 1. The van der Waals surface area contributed by atoms with E-state index in [0.717, 1.165) is 32.5 Å². The summed E-state index contributed by atoms with van der Waals surface area (Å²) >= 11 is 0. The van der Waals surface area contributed by atoms with Crippen molar-refractivity contribution in [1.82, 2.24) is 4.90 Å². The van der Waals surface area contributed by atoms with Crippen molar-refractivity contribution in [3.8, 4) is 0 Å². The molecule has 0 saturated carbocycles. The number of hydrogen-bond donors (Lipinski definition) is 1. The fourth-order valence-electron chi connectivity index (χ4n) is 2.53. The molecule has 106 valence electrons. The van der Waals surface area contributed by atoms with Crippen molar-refractivity contribution in [1.29, 1.82) is 0 Å². The standard InChI is InChI=1S/C14H28N2O2/c1-11(2)7-13(9-15)8-14(17)16-5-4-6-18-12(3)10-16/h11-13H,4-10,15H2,1-3H3/t12?,13-/m0/s1. The molecular formula is C14H28N2O2. The molecule has 0 aromatic heterocycles. The molecule has 1 aliphatic heterocycles. The number of nitrogens with zero attached hydrogens (tertiary/aromatic N) is 1. The molecule has 2 N–H and O–H groups in total. The van der Waals surface area contributed by atoms with Crippen molar-refractivity contribution in [2.75, 3.05) is 26.2 Å². The summed E-state index contributed by atoms with van der Waals surface area (Å²) in [6.45, 7) is 9.28. The highest BCUT2D eigenvalue weighted by molar-refractivity contribution is 5.76. The van der Waals surface area contributed by atoms with Gasteiger partial charge in [-0.3, -0.25) is 4.79 Å². The predicted octanol–water partition coefficient (Wildman–Crippen LogP) is 1.63. The van der Waals surface area contributed by atoms with Crippen LogP contribution in [0.25, 0.3) is 0 Å². The molecule has 4 heteroatoms. The quantitative estimate of drug-likeness (QED) is 0.813. The van der Waals surface area contributed by atoms with E-state index in [9.17, 15) is 4.79 Å². The third-order valence-corrected chi connectivity index (χ3v) is 3.41. The highest BCUT2D eigenvalue weighted by Gasteiger charge is 2.22. The Morgan fingerprint density at radius 1 is 1.50 bits per heavy atom. The minimum Gasteiger partial charge on any atom is -0.377 e. The molecule has 0 spiro atoms. The van der Waals surface area contributed by atoms with Gasteiger partial charge in [-0.05, 0) is 38.1 Å². The Morgan fingerprint density at radius 3 is 2.83 bits per heavy atom. The maximum atomic E-state index is 12.3. The second-order valence-corrected chi connectivity index (χ2v) is 5.81. The average Bonchev–Trinajstić information content (AvgIpc) is 2.52. The molecule has 1 rings (SSSR count). The van der Waals surface area contributed by atoms with Gasteiger partial charge in [-0.15, -0.1) is 0 Å². The molecule has 0 aliphatic carbocycles. The molecule has 1 saturated heterocycles. The monoisotopic (exact) mass is 256 g/mol. The summed E-state index contributed by atoms with van der Waals surface area (Å²) in [5.41, 5.74) is 5.76. The van der Waals surface area contributed by atoms with Crippen molar-refractivity contribution >= 4 is 5.91 Å². The van der Waals surface area contributed by atoms with Crippen LogP contribution < -0.4 is 5.73 Å². The number of carbonyl (C=O) groups excluding carboxylic acids is 1. The van der Waals surface area contributed by atoms with Gasteiger partial charge >= 0.3 is 0 Å².